The monoisotopic (exact) mass is 530 g/mol. The van der Waals surface area contributed by atoms with Crippen molar-refractivity contribution in [2.45, 2.75) is 155 Å². The molecule has 0 aromatic carbocycles. The van der Waals surface area contributed by atoms with Gasteiger partial charge in [-0.25, -0.2) is 0 Å². The van der Waals surface area contributed by atoms with Gasteiger partial charge in [0.05, 0.1) is 0 Å². The number of ether oxygens (including phenoxy) is 1. The summed E-state index contributed by atoms with van der Waals surface area (Å²) >= 11 is 0. The third-order valence-corrected chi connectivity index (χ3v) is 6.49. The van der Waals surface area contributed by atoms with Crippen LogP contribution in [-0.4, -0.2) is 23.1 Å². The van der Waals surface area contributed by atoms with Crippen LogP contribution in [0.2, 0.25) is 0 Å². The smallest absolute Gasteiger partial charge is 0.306 e. The molecular weight excluding hydrogens is 472 g/mol. The molecule has 0 heterocycles. The number of unbranched alkanes of at least 4 members (excludes halogenated alkanes) is 12. The largest absolute Gasteiger partial charge is 0.481 e. The first-order chi connectivity index (χ1) is 18.6. The molecule has 0 spiro atoms. The second kappa shape index (κ2) is 29.5. The third-order valence-electron chi connectivity index (χ3n) is 6.49. The van der Waals surface area contributed by atoms with Crippen LogP contribution in [0.1, 0.15) is 149 Å². The summed E-state index contributed by atoms with van der Waals surface area (Å²) < 4.78 is 5.80. The number of aliphatic carboxylic acids is 1. The van der Waals surface area contributed by atoms with Crippen molar-refractivity contribution < 1.29 is 19.4 Å². The molecule has 0 saturated heterocycles. The van der Waals surface area contributed by atoms with E-state index in [9.17, 15) is 9.59 Å². The van der Waals surface area contributed by atoms with Crippen molar-refractivity contribution in [3.63, 3.8) is 0 Å². The van der Waals surface area contributed by atoms with Crippen LogP contribution in [0.25, 0.3) is 0 Å². The van der Waals surface area contributed by atoms with Gasteiger partial charge in [0.1, 0.15) is 6.10 Å². The highest BCUT2D eigenvalue weighted by atomic mass is 16.5. The fraction of sp³-hybridized carbons (Fsp3) is 0.706. The van der Waals surface area contributed by atoms with Crippen molar-refractivity contribution in [1.29, 1.82) is 0 Å². The lowest BCUT2D eigenvalue weighted by atomic mass is 10.1. The maximum atomic E-state index is 12.5. The summed E-state index contributed by atoms with van der Waals surface area (Å²) in [6.45, 7) is 4.42. The Bertz CT molecular complexity index is 659. The SMILES string of the molecule is CCC/C=C\C/C=C\CCCCCCCC(=O)OC(/C=C\C/C=C\CCCCC)CCCCCCC(=O)O. The number of hydrogen-bond acceptors (Lipinski definition) is 3. The average Bonchev–Trinajstić information content (AvgIpc) is 2.89. The van der Waals surface area contributed by atoms with Gasteiger partial charge in [0.25, 0.3) is 0 Å². The van der Waals surface area contributed by atoms with E-state index >= 15 is 0 Å². The van der Waals surface area contributed by atoms with E-state index in [4.69, 9.17) is 9.84 Å². The predicted octanol–water partition coefficient (Wildman–Crippen LogP) is 10.4. The molecule has 38 heavy (non-hydrogen) atoms. The number of carbonyl (C=O) groups excluding carboxylic acids is 1. The van der Waals surface area contributed by atoms with Crippen LogP contribution < -0.4 is 0 Å². The van der Waals surface area contributed by atoms with Gasteiger partial charge < -0.3 is 9.84 Å². The van der Waals surface area contributed by atoms with Gasteiger partial charge in [-0.3, -0.25) is 9.59 Å². The second-order valence-corrected chi connectivity index (χ2v) is 10.3. The standard InChI is InChI=1S/C34H58O4/c1-3-5-7-9-11-13-14-15-16-17-19-21-27-31-34(37)38-32(29-25-22-23-26-30-33(35)36)28-24-20-18-12-10-8-6-4-2/h7,9,12-14,18,24,28,32H,3-6,8,10-11,15-17,19-23,25-27,29-31H2,1-2H3,(H,35,36)/b9-7-,14-13-,18-12-,28-24-. The van der Waals surface area contributed by atoms with E-state index in [-0.39, 0.29) is 18.5 Å². The Hall–Kier alpha value is -2.10. The Balaban J connectivity index is 4.16. The van der Waals surface area contributed by atoms with Gasteiger partial charge in [-0.2, -0.15) is 0 Å². The summed E-state index contributed by atoms with van der Waals surface area (Å²) in [6.07, 6.45) is 38.4. The van der Waals surface area contributed by atoms with Crippen LogP contribution >= 0.6 is 0 Å². The van der Waals surface area contributed by atoms with Crippen LogP contribution in [0.5, 0.6) is 0 Å². The van der Waals surface area contributed by atoms with Crippen molar-refractivity contribution in [1.82, 2.24) is 0 Å². The van der Waals surface area contributed by atoms with E-state index in [0.29, 0.717) is 12.8 Å². The van der Waals surface area contributed by atoms with Crippen LogP contribution in [0.4, 0.5) is 0 Å². The van der Waals surface area contributed by atoms with E-state index in [1.807, 2.05) is 6.08 Å². The van der Waals surface area contributed by atoms with Crippen molar-refractivity contribution >= 4 is 11.9 Å². The molecule has 0 aliphatic carbocycles. The lowest BCUT2D eigenvalue weighted by molar-refractivity contribution is -0.147. The Labute approximate surface area is 234 Å². The number of rotatable bonds is 27. The van der Waals surface area contributed by atoms with Gasteiger partial charge in [0.15, 0.2) is 0 Å². The molecule has 218 valence electrons. The van der Waals surface area contributed by atoms with Crippen molar-refractivity contribution in [2.24, 2.45) is 0 Å². The van der Waals surface area contributed by atoms with E-state index < -0.39 is 5.97 Å². The third kappa shape index (κ3) is 28.5. The highest BCUT2D eigenvalue weighted by Crippen LogP contribution is 2.14. The fourth-order valence-corrected chi connectivity index (χ4v) is 4.17. The zero-order valence-corrected chi connectivity index (χ0v) is 24.7. The lowest BCUT2D eigenvalue weighted by Crippen LogP contribution is -2.16. The summed E-state index contributed by atoms with van der Waals surface area (Å²) in [7, 11) is 0. The van der Waals surface area contributed by atoms with Crippen LogP contribution in [0.3, 0.4) is 0 Å². The van der Waals surface area contributed by atoms with E-state index in [0.717, 1.165) is 64.2 Å². The number of esters is 1. The molecule has 4 nitrogen and oxygen atoms in total. The van der Waals surface area contributed by atoms with E-state index in [1.165, 1.54) is 51.4 Å². The Morgan fingerprint density at radius 3 is 1.82 bits per heavy atom. The molecule has 0 aromatic heterocycles. The quantitative estimate of drug-likeness (QED) is 0.0651. The van der Waals surface area contributed by atoms with Gasteiger partial charge in [0.2, 0.25) is 0 Å². The molecule has 1 N–H and O–H groups in total. The molecule has 0 saturated carbocycles. The average molecular weight is 531 g/mol. The van der Waals surface area contributed by atoms with Gasteiger partial charge in [0, 0.05) is 12.8 Å². The summed E-state index contributed by atoms with van der Waals surface area (Å²) in [6, 6.07) is 0. The Morgan fingerprint density at radius 1 is 0.605 bits per heavy atom. The molecular formula is C34H58O4. The second-order valence-electron chi connectivity index (χ2n) is 10.3. The van der Waals surface area contributed by atoms with Crippen LogP contribution in [0.15, 0.2) is 48.6 Å². The van der Waals surface area contributed by atoms with Crippen molar-refractivity contribution in [2.75, 3.05) is 0 Å². The molecule has 0 rings (SSSR count). The Morgan fingerprint density at radius 2 is 1.16 bits per heavy atom. The minimum absolute atomic E-state index is 0.0975. The molecule has 1 unspecified atom stereocenters. The number of carboxylic acid groups (broad SMARTS) is 1. The molecule has 0 aromatic rings. The minimum atomic E-state index is -0.731. The molecule has 4 heteroatoms. The molecule has 0 radical (unpaired) electrons. The topological polar surface area (TPSA) is 63.6 Å². The van der Waals surface area contributed by atoms with Gasteiger partial charge >= 0.3 is 11.9 Å². The summed E-state index contributed by atoms with van der Waals surface area (Å²) in [4.78, 5) is 23.1. The fourth-order valence-electron chi connectivity index (χ4n) is 4.17. The molecule has 0 bridgehead atoms. The number of allylic oxidation sites excluding steroid dienone is 7. The Kier molecular flexibility index (Phi) is 27.8. The zero-order chi connectivity index (χ0) is 27.9. The van der Waals surface area contributed by atoms with Crippen LogP contribution in [0, 0.1) is 0 Å². The van der Waals surface area contributed by atoms with Crippen LogP contribution in [-0.2, 0) is 14.3 Å². The van der Waals surface area contributed by atoms with E-state index in [2.05, 4.69) is 56.4 Å². The zero-order valence-electron chi connectivity index (χ0n) is 24.7. The molecule has 1 atom stereocenters. The highest BCUT2D eigenvalue weighted by Gasteiger charge is 2.11. The number of hydrogen-bond donors (Lipinski definition) is 1. The molecule has 0 aliphatic rings. The van der Waals surface area contributed by atoms with Crippen molar-refractivity contribution in [3.8, 4) is 0 Å². The number of carbonyl (C=O) groups is 2. The van der Waals surface area contributed by atoms with Gasteiger partial charge in [-0.1, -0.05) is 108 Å². The first-order valence-electron chi connectivity index (χ1n) is 15.6. The molecule has 0 amide bonds. The molecule has 0 fully saturated rings. The number of carboxylic acids is 1. The lowest BCUT2D eigenvalue weighted by Gasteiger charge is -2.14. The van der Waals surface area contributed by atoms with Gasteiger partial charge in [-0.15, -0.1) is 0 Å². The predicted molar refractivity (Wildman–Crippen MR) is 162 cm³/mol. The first-order valence-corrected chi connectivity index (χ1v) is 15.6. The summed E-state index contributed by atoms with van der Waals surface area (Å²) in [5, 5.41) is 8.77. The highest BCUT2D eigenvalue weighted by molar-refractivity contribution is 5.69. The van der Waals surface area contributed by atoms with Crippen molar-refractivity contribution in [3.05, 3.63) is 48.6 Å². The summed E-state index contributed by atoms with van der Waals surface area (Å²) in [5.74, 6) is -0.829. The maximum Gasteiger partial charge on any atom is 0.306 e. The first kappa shape index (κ1) is 35.9. The minimum Gasteiger partial charge on any atom is -0.481 e. The van der Waals surface area contributed by atoms with E-state index in [1.54, 1.807) is 0 Å². The maximum absolute atomic E-state index is 12.5. The molecule has 0 aliphatic heterocycles. The van der Waals surface area contributed by atoms with Gasteiger partial charge in [-0.05, 0) is 76.7 Å². The normalized spacial score (nSPS) is 12.9. The summed E-state index contributed by atoms with van der Waals surface area (Å²) in [5.41, 5.74) is 0.